The predicted molar refractivity (Wildman–Crippen MR) is 56.4 cm³/mol. The lowest BCUT2D eigenvalue weighted by atomic mass is 10.2. The molecule has 17 heavy (non-hydrogen) atoms. The molecule has 0 saturated carbocycles. The monoisotopic (exact) mass is 246 g/mol. The van der Waals surface area contributed by atoms with Gasteiger partial charge in [0.15, 0.2) is 0 Å². The van der Waals surface area contributed by atoms with Gasteiger partial charge in [-0.2, -0.15) is 13.2 Å². The Balaban J connectivity index is 2.71. The van der Waals surface area contributed by atoms with E-state index in [1.807, 2.05) is 13.8 Å². The standard InChI is InChI=1S/C11H13F3N2O/c1-7(2)5-16-10(17)9-4-3-8(6-15-9)11(12,13)14/h3-4,6-7H,5H2,1-2H3,(H,16,17). The summed E-state index contributed by atoms with van der Waals surface area (Å²) in [6, 6.07) is 1.91. The number of alkyl halides is 3. The minimum absolute atomic E-state index is 0.0151. The van der Waals surface area contributed by atoms with Crippen LogP contribution in [0.15, 0.2) is 18.3 Å². The van der Waals surface area contributed by atoms with Crippen molar-refractivity contribution in [2.45, 2.75) is 20.0 Å². The number of pyridine rings is 1. The molecule has 0 radical (unpaired) electrons. The van der Waals surface area contributed by atoms with E-state index in [2.05, 4.69) is 10.3 Å². The SMILES string of the molecule is CC(C)CNC(=O)c1ccc(C(F)(F)F)cn1. The summed E-state index contributed by atoms with van der Waals surface area (Å²) in [6.45, 7) is 4.29. The minimum Gasteiger partial charge on any atom is -0.350 e. The van der Waals surface area contributed by atoms with Crippen molar-refractivity contribution in [3.05, 3.63) is 29.6 Å². The molecule has 0 saturated heterocycles. The van der Waals surface area contributed by atoms with Crippen molar-refractivity contribution in [2.24, 2.45) is 5.92 Å². The lowest BCUT2D eigenvalue weighted by Crippen LogP contribution is -2.28. The fraction of sp³-hybridized carbons (Fsp3) is 0.455. The number of carbonyl (C=O) groups excluding carboxylic acids is 1. The molecule has 0 aliphatic carbocycles. The quantitative estimate of drug-likeness (QED) is 0.890. The number of hydrogen-bond acceptors (Lipinski definition) is 2. The van der Waals surface area contributed by atoms with E-state index in [0.717, 1.165) is 12.1 Å². The maximum atomic E-state index is 12.2. The number of amides is 1. The summed E-state index contributed by atoms with van der Waals surface area (Å²) < 4.78 is 36.7. The van der Waals surface area contributed by atoms with Crippen LogP contribution in [0, 0.1) is 5.92 Å². The van der Waals surface area contributed by atoms with Gasteiger partial charge in [-0.3, -0.25) is 9.78 Å². The zero-order chi connectivity index (χ0) is 13.1. The van der Waals surface area contributed by atoms with Crippen molar-refractivity contribution in [1.29, 1.82) is 0 Å². The third kappa shape index (κ3) is 4.05. The van der Waals surface area contributed by atoms with Gasteiger partial charge in [0, 0.05) is 12.7 Å². The molecule has 0 aromatic carbocycles. The van der Waals surface area contributed by atoms with E-state index < -0.39 is 17.6 Å². The Kier molecular flexibility index (Phi) is 4.09. The molecule has 1 rings (SSSR count). The summed E-state index contributed by atoms with van der Waals surface area (Å²) in [7, 11) is 0. The Morgan fingerprint density at radius 1 is 1.41 bits per heavy atom. The molecule has 1 amide bonds. The highest BCUT2D eigenvalue weighted by atomic mass is 19.4. The highest BCUT2D eigenvalue weighted by molar-refractivity contribution is 5.92. The Morgan fingerprint density at radius 2 is 2.06 bits per heavy atom. The number of halogens is 3. The lowest BCUT2D eigenvalue weighted by molar-refractivity contribution is -0.137. The maximum Gasteiger partial charge on any atom is 0.417 e. The van der Waals surface area contributed by atoms with E-state index in [0.29, 0.717) is 12.7 Å². The molecule has 94 valence electrons. The molecule has 1 aromatic rings. The zero-order valence-electron chi connectivity index (χ0n) is 9.51. The minimum atomic E-state index is -4.43. The fourth-order valence-electron chi connectivity index (χ4n) is 1.08. The topological polar surface area (TPSA) is 42.0 Å². The molecule has 6 heteroatoms. The van der Waals surface area contributed by atoms with Crippen LogP contribution >= 0.6 is 0 Å². The van der Waals surface area contributed by atoms with Crippen LogP contribution < -0.4 is 5.32 Å². The van der Waals surface area contributed by atoms with E-state index in [4.69, 9.17) is 0 Å². The van der Waals surface area contributed by atoms with Crippen LogP contribution in [-0.4, -0.2) is 17.4 Å². The smallest absolute Gasteiger partial charge is 0.350 e. The Bertz CT molecular complexity index is 385. The van der Waals surface area contributed by atoms with E-state index in [1.165, 1.54) is 0 Å². The average molecular weight is 246 g/mol. The second-order valence-corrected chi connectivity index (χ2v) is 4.03. The fourth-order valence-corrected chi connectivity index (χ4v) is 1.08. The molecule has 0 aliphatic rings. The highest BCUT2D eigenvalue weighted by Crippen LogP contribution is 2.28. The molecule has 0 spiro atoms. The molecule has 1 aromatic heterocycles. The van der Waals surface area contributed by atoms with Gasteiger partial charge in [0.25, 0.3) is 5.91 Å². The summed E-state index contributed by atoms with van der Waals surface area (Å²) in [5, 5.41) is 2.57. The van der Waals surface area contributed by atoms with Crippen LogP contribution in [0.25, 0.3) is 0 Å². The number of aromatic nitrogens is 1. The molecule has 3 nitrogen and oxygen atoms in total. The van der Waals surface area contributed by atoms with Crippen LogP contribution in [0.4, 0.5) is 13.2 Å². The molecule has 0 aliphatic heterocycles. The summed E-state index contributed by atoms with van der Waals surface area (Å²) in [5.74, 6) is -0.194. The molecule has 0 fully saturated rings. The second-order valence-electron chi connectivity index (χ2n) is 4.03. The zero-order valence-corrected chi connectivity index (χ0v) is 9.51. The first-order valence-electron chi connectivity index (χ1n) is 5.12. The summed E-state index contributed by atoms with van der Waals surface area (Å²) >= 11 is 0. The van der Waals surface area contributed by atoms with E-state index in [9.17, 15) is 18.0 Å². The summed E-state index contributed by atoms with van der Waals surface area (Å²) in [4.78, 5) is 14.9. The van der Waals surface area contributed by atoms with Crippen molar-refractivity contribution in [2.75, 3.05) is 6.54 Å². The van der Waals surface area contributed by atoms with Crippen molar-refractivity contribution in [1.82, 2.24) is 10.3 Å². The van der Waals surface area contributed by atoms with Crippen molar-refractivity contribution in [3.8, 4) is 0 Å². The molecular weight excluding hydrogens is 233 g/mol. The molecule has 0 unspecified atom stereocenters. The third-order valence-corrected chi connectivity index (χ3v) is 1.99. The van der Waals surface area contributed by atoms with E-state index in [1.54, 1.807) is 0 Å². The van der Waals surface area contributed by atoms with Crippen LogP contribution in [0.5, 0.6) is 0 Å². The number of hydrogen-bond donors (Lipinski definition) is 1. The van der Waals surface area contributed by atoms with Gasteiger partial charge in [-0.05, 0) is 18.1 Å². The molecule has 0 bridgehead atoms. The molecule has 1 heterocycles. The van der Waals surface area contributed by atoms with Gasteiger partial charge in [-0.15, -0.1) is 0 Å². The Morgan fingerprint density at radius 3 is 2.47 bits per heavy atom. The molecule has 0 atom stereocenters. The largest absolute Gasteiger partial charge is 0.417 e. The maximum absolute atomic E-state index is 12.2. The van der Waals surface area contributed by atoms with Crippen LogP contribution in [0.2, 0.25) is 0 Å². The van der Waals surface area contributed by atoms with E-state index >= 15 is 0 Å². The third-order valence-electron chi connectivity index (χ3n) is 1.99. The first-order chi connectivity index (χ1) is 7.80. The molecule has 1 N–H and O–H groups in total. The van der Waals surface area contributed by atoms with Crippen molar-refractivity contribution >= 4 is 5.91 Å². The first-order valence-corrected chi connectivity index (χ1v) is 5.12. The van der Waals surface area contributed by atoms with Gasteiger partial charge >= 0.3 is 6.18 Å². The van der Waals surface area contributed by atoms with Crippen LogP contribution in [0.3, 0.4) is 0 Å². The van der Waals surface area contributed by atoms with E-state index in [-0.39, 0.29) is 11.6 Å². The van der Waals surface area contributed by atoms with Crippen molar-refractivity contribution < 1.29 is 18.0 Å². The van der Waals surface area contributed by atoms with Crippen molar-refractivity contribution in [3.63, 3.8) is 0 Å². The van der Waals surface area contributed by atoms with Gasteiger partial charge in [0.2, 0.25) is 0 Å². The Labute approximate surface area is 97.0 Å². The number of carbonyl (C=O) groups is 1. The second kappa shape index (κ2) is 5.16. The highest BCUT2D eigenvalue weighted by Gasteiger charge is 2.30. The van der Waals surface area contributed by atoms with Crippen LogP contribution in [0.1, 0.15) is 29.9 Å². The van der Waals surface area contributed by atoms with Crippen LogP contribution in [-0.2, 0) is 6.18 Å². The van der Waals surface area contributed by atoms with Gasteiger partial charge < -0.3 is 5.32 Å². The molecular formula is C11H13F3N2O. The summed E-state index contributed by atoms with van der Waals surface area (Å²) in [6.07, 6.45) is -3.77. The average Bonchev–Trinajstić information content (AvgIpc) is 2.25. The van der Waals surface area contributed by atoms with Gasteiger partial charge in [0.1, 0.15) is 5.69 Å². The number of nitrogens with one attached hydrogen (secondary N) is 1. The lowest BCUT2D eigenvalue weighted by Gasteiger charge is -2.08. The number of rotatable bonds is 3. The summed E-state index contributed by atoms with van der Waals surface area (Å²) in [5.41, 5.74) is -0.878. The number of nitrogens with zero attached hydrogens (tertiary/aromatic N) is 1. The first kappa shape index (κ1) is 13.5. The predicted octanol–water partition coefficient (Wildman–Crippen LogP) is 2.49. The normalized spacial score (nSPS) is 11.6. The van der Waals surface area contributed by atoms with Gasteiger partial charge in [-0.25, -0.2) is 0 Å². The van der Waals surface area contributed by atoms with Gasteiger partial charge in [-0.1, -0.05) is 13.8 Å². The Hall–Kier alpha value is -1.59. The van der Waals surface area contributed by atoms with Gasteiger partial charge in [0.05, 0.1) is 5.56 Å².